The molecule has 0 saturated heterocycles. The molecule has 10 heteroatoms. The lowest BCUT2D eigenvalue weighted by molar-refractivity contribution is 0.121. The minimum atomic E-state index is -3.84. The van der Waals surface area contributed by atoms with Crippen LogP contribution in [0.1, 0.15) is 32.6 Å². The number of halogens is 3. The zero-order chi connectivity index (χ0) is 16.4. The van der Waals surface area contributed by atoms with E-state index in [2.05, 4.69) is 9.82 Å². The summed E-state index contributed by atoms with van der Waals surface area (Å²) >= 11 is 0. The van der Waals surface area contributed by atoms with Crippen molar-refractivity contribution in [3.05, 3.63) is 12.4 Å². The van der Waals surface area contributed by atoms with Crippen LogP contribution in [0.3, 0.4) is 0 Å². The largest absolute Gasteiger partial charge is 0.329 e. The number of hydrogen-bond donors (Lipinski definition) is 2. The second-order valence-electron chi connectivity index (χ2n) is 5.90. The first-order valence-corrected chi connectivity index (χ1v) is 8.82. The molecule has 1 fully saturated rings. The van der Waals surface area contributed by atoms with Gasteiger partial charge < -0.3 is 5.73 Å². The van der Waals surface area contributed by atoms with Gasteiger partial charge in [0.15, 0.2) is 0 Å². The molecule has 1 heterocycles. The van der Waals surface area contributed by atoms with Gasteiger partial charge in [-0.05, 0) is 18.8 Å². The summed E-state index contributed by atoms with van der Waals surface area (Å²) in [6, 6.07) is 0. The molecule has 23 heavy (non-hydrogen) atoms. The van der Waals surface area contributed by atoms with Crippen molar-refractivity contribution in [1.29, 1.82) is 0 Å². The van der Waals surface area contributed by atoms with E-state index in [9.17, 15) is 17.2 Å². The van der Waals surface area contributed by atoms with Gasteiger partial charge in [-0.1, -0.05) is 19.8 Å². The van der Waals surface area contributed by atoms with Gasteiger partial charge in [-0.2, -0.15) is 5.10 Å². The second-order valence-corrected chi connectivity index (χ2v) is 7.58. The summed E-state index contributed by atoms with van der Waals surface area (Å²) in [5, 5.41) is 3.67. The van der Waals surface area contributed by atoms with Crippen LogP contribution in [0, 0.1) is 5.92 Å². The molecule has 0 bridgehead atoms. The number of nitrogens with zero attached hydrogens (tertiary/aromatic N) is 2. The Hall–Kier alpha value is -0.770. The van der Waals surface area contributed by atoms with Crippen LogP contribution >= 0.6 is 12.4 Å². The van der Waals surface area contributed by atoms with Crippen molar-refractivity contribution < 1.29 is 17.2 Å². The summed E-state index contributed by atoms with van der Waals surface area (Å²) in [5.74, 6) is 0.122. The van der Waals surface area contributed by atoms with E-state index in [-0.39, 0.29) is 29.8 Å². The van der Waals surface area contributed by atoms with Crippen LogP contribution < -0.4 is 10.5 Å². The van der Waals surface area contributed by atoms with Gasteiger partial charge >= 0.3 is 0 Å². The molecule has 0 aliphatic heterocycles. The zero-order valence-corrected chi connectivity index (χ0v) is 14.5. The maximum Gasteiger partial charge on any atom is 0.257 e. The van der Waals surface area contributed by atoms with Crippen molar-refractivity contribution in [3.8, 4) is 0 Å². The third kappa shape index (κ3) is 4.62. The average molecular weight is 373 g/mol. The van der Waals surface area contributed by atoms with Gasteiger partial charge in [0.25, 0.3) is 6.43 Å². The molecular formula is C13H23ClF2N4O2S. The van der Waals surface area contributed by atoms with E-state index in [1.54, 1.807) is 0 Å². The monoisotopic (exact) mass is 372 g/mol. The predicted octanol–water partition coefficient (Wildman–Crippen LogP) is 1.76. The van der Waals surface area contributed by atoms with Crippen LogP contribution in [0.5, 0.6) is 0 Å². The lowest BCUT2D eigenvalue weighted by Crippen LogP contribution is -2.58. The highest BCUT2D eigenvalue weighted by atomic mass is 35.5. The molecule has 1 saturated carbocycles. The maximum absolute atomic E-state index is 12.5. The Morgan fingerprint density at radius 1 is 1.52 bits per heavy atom. The topological polar surface area (TPSA) is 90.0 Å². The van der Waals surface area contributed by atoms with Crippen molar-refractivity contribution in [3.63, 3.8) is 0 Å². The smallest absolute Gasteiger partial charge is 0.257 e. The van der Waals surface area contributed by atoms with Crippen molar-refractivity contribution in [2.45, 2.75) is 56.0 Å². The second kappa shape index (κ2) is 7.87. The van der Waals surface area contributed by atoms with Gasteiger partial charge in [0.2, 0.25) is 10.0 Å². The van der Waals surface area contributed by atoms with Crippen molar-refractivity contribution in [2.24, 2.45) is 11.7 Å². The molecule has 0 amide bonds. The highest BCUT2D eigenvalue weighted by Gasteiger charge is 2.40. The highest BCUT2D eigenvalue weighted by Crippen LogP contribution is 2.34. The Morgan fingerprint density at radius 3 is 2.78 bits per heavy atom. The van der Waals surface area contributed by atoms with Gasteiger partial charge in [-0.25, -0.2) is 21.9 Å². The Labute approximate surface area is 141 Å². The minimum Gasteiger partial charge on any atom is -0.329 e. The van der Waals surface area contributed by atoms with Crippen LogP contribution in [0.25, 0.3) is 0 Å². The molecule has 1 aromatic rings. The molecule has 6 nitrogen and oxygen atoms in total. The Balaban J connectivity index is 0.00000264. The van der Waals surface area contributed by atoms with Crippen molar-refractivity contribution >= 4 is 22.4 Å². The van der Waals surface area contributed by atoms with E-state index >= 15 is 0 Å². The Bertz CT molecular complexity index is 611. The molecule has 2 unspecified atom stereocenters. The zero-order valence-electron chi connectivity index (χ0n) is 12.9. The van der Waals surface area contributed by atoms with Crippen LogP contribution in [-0.4, -0.2) is 36.7 Å². The Morgan fingerprint density at radius 2 is 2.22 bits per heavy atom. The average Bonchev–Trinajstić information content (AvgIpc) is 2.90. The summed E-state index contributed by atoms with van der Waals surface area (Å²) in [6.45, 7) is 1.56. The number of sulfonamides is 1. The maximum atomic E-state index is 12.5. The van der Waals surface area contributed by atoms with E-state index in [1.165, 1.54) is 0 Å². The van der Waals surface area contributed by atoms with Crippen LogP contribution in [-0.2, 0) is 16.6 Å². The lowest BCUT2D eigenvalue weighted by atomic mass is 9.74. The molecule has 1 aliphatic carbocycles. The fourth-order valence-corrected chi connectivity index (χ4v) is 4.45. The fraction of sp³-hybridized carbons (Fsp3) is 0.769. The van der Waals surface area contributed by atoms with E-state index in [1.807, 2.05) is 6.92 Å². The van der Waals surface area contributed by atoms with Crippen molar-refractivity contribution in [2.75, 3.05) is 6.54 Å². The van der Waals surface area contributed by atoms with Crippen LogP contribution in [0.15, 0.2) is 17.3 Å². The molecule has 2 atom stereocenters. The number of aromatic nitrogens is 2. The summed E-state index contributed by atoms with van der Waals surface area (Å²) < 4.78 is 53.3. The van der Waals surface area contributed by atoms with Gasteiger partial charge in [0.05, 0.1) is 6.20 Å². The van der Waals surface area contributed by atoms with Crippen LogP contribution in [0.2, 0.25) is 0 Å². The molecular weight excluding hydrogens is 350 g/mol. The number of hydrogen-bond acceptors (Lipinski definition) is 4. The van der Waals surface area contributed by atoms with Gasteiger partial charge in [0.1, 0.15) is 11.4 Å². The molecule has 134 valence electrons. The lowest BCUT2D eigenvalue weighted by Gasteiger charge is -2.42. The first-order valence-electron chi connectivity index (χ1n) is 7.34. The SMILES string of the molecule is CC1CCCCC1(CN)NS(=O)(=O)c1cnn(CC(F)F)c1.Cl. The third-order valence-electron chi connectivity index (χ3n) is 4.40. The number of nitrogens with one attached hydrogen (secondary N) is 1. The molecule has 0 aromatic carbocycles. The number of alkyl halides is 2. The van der Waals surface area contributed by atoms with E-state index in [4.69, 9.17) is 5.73 Å². The van der Waals surface area contributed by atoms with E-state index < -0.39 is 28.5 Å². The molecule has 3 N–H and O–H groups in total. The highest BCUT2D eigenvalue weighted by molar-refractivity contribution is 7.89. The fourth-order valence-electron chi connectivity index (χ4n) is 2.96. The summed E-state index contributed by atoms with van der Waals surface area (Å²) in [4.78, 5) is -0.112. The summed E-state index contributed by atoms with van der Waals surface area (Å²) in [5.41, 5.74) is 5.16. The molecule has 1 aromatic heterocycles. The Kier molecular flexibility index (Phi) is 6.94. The predicted molar refractivity (Wildman–Crippen MR) is 85.2 cm³/mol. The molecule has 2 rings (SSSR count). The summed E-state index contributed by atoms with van der Waals surface area (Å²) in [7, 11) is -3.84. The quantitative estimate of drug-likeness (QED) is 0.796. The minimum absolute atomic E-state index is 0. The molecule has 1 aliphatic rings. The molecule has 0 radical (unpaired) electrons. The van der Waals surface area contributed by atoms with E-state index in [0.717, 1.165) is 36.3 Å². The van der Waals surface area contributed by atoms with Crippen LogP contribution in [0.4, 0.5) is 8.78 Å². The summed E-state index contributed by atoms with van der Waals surface area (Å²) in [6.07, 6.45) is 3.16. The number of nitrogens with two attached hydrogens (primary N) is 1. The van der Waals surface area contributed by atoms with Gasteiger partial charge in [-0.15, -0.1) is 12.4 Å². The first-order chi connectivity index (χ1) is 10.3. The van der Waals surface area contributed by atoms with Gasteiger partial charge in [0, 0.05) is 18.3 Å². The first kappa shape index (κ1) is 20.3. The van der Waals surface area contributed by atoms with E-state index in [0.29, 0.717) is 6.42 Å². The normalized spacial score (nSPS) is 25.3. The van der Waals surface area contributed by atoms with Crippen molar-refractivity contribution in [1.82, 2.24) is 14.5 Å². The van der Waals surface area contributed by atoms with Gasteiger partial charge in [-0.3, -0.25) is 4.68 Å². The number of rotatable bonds is 6. The standard InChI is InChI=1S/C13H22F2N4O2S.ClH/c1-10-4-2-3-5-13(10,9-16)18-22(20,21)11-6-17-19(7-11)8-12(14)15;/h6-7,10,12,18H,2-5,8-9,16H2,1H3;1H. The molecule has 0 spiro atoms. The third-order valence-corrected chi connectivity index (χ3v) is 5.91.